The Morgan fingerprint density at radius 3 is 2.26 bits per heavy atom. The zero-order chi connectivity index (χ0) is 20.1. The Morgan fingerprint density at radius 1 is 0.963 bits per heavy atom. The van der Waals surface area contributed by atoms with E-state index in [4.69, 9.17) is 9.47 Å². The van der Waals surface area contributed by atoms with Crippen molar-refractivity contribution in [2.45, 2.75) is 40.0 Å². The molecule has 0 aromatic heterocycles. The van der Waals surface area contributed by atoms with Crippen LogP contribution in [0.3, 0.4) is 0 Å². The SMILES string of the molecule is CCOC(=O)CCN(CCCCN(CC)CC)C(=O)c1ccccc1OC. The van der Waals surface area contributed by atoms with Crippen LogP contribution in [0.4, 0.5) is 0 Å². The van der Waals surface area contributed by atoms with Crippen LogP contribution in [0.25, 0.3) is 0 Å². The second kappa shape index (κ2) is 13.1. The molecule has 1 rings (SSSR count). The van der Waals surface area contributed by atoms with Gasteiger partial charge in [-0.2, -0.15) is 0 Å². The van der Waals surface area contributed by atoms with Crippen LogP contribution in [-0.4, -0.2) is 68.1 Å². The Hall–Kier alpha value is -2.08. The molecular formula is C21H34N2O4. The van der Waals surface area contributed by atoms with Gasteiger partial charge in [0, 0.05) is 13.1 Å². The number of esters is 1. The third-order valence-corrected chi connectivity index (χ3v) is 4.56. The number of rotatable bonds is 13. The fraction of sp³-hybridized carbons (Fsp3) is 0.619. The zero-order valence-corrected chi connectivity index (χ0v) is 17.2. The molecule has 0 saturated heterocycles. The molecule has 0 atom stereocenters. The van der Waals surface area contributed by atoms with Crippen LogP contribution in [0, 0.1) is 0 Å². The van der Waals surface area contributed by atoms with Gasteiger partial charge >= 0.3 is 5.97 Å². The van der Waals surface area contributed by atoms with Crippen molar-refractivity contribution >= 4 is 11.9 Å². The molecule has 1 aromatic carbocycles. The first-order chi connectivity index (χ1) is 13.1. The normalized spacial score (nSPS) is 10.7. The molecule has 1 amide bonds. The van der Waals surface area contributed by atoms with E-state index >= 15 is 0 Å². The fourth-order valence-electron chi connectivity index (χ4n) is 2.94. The fourth-order valence-corrected chi connectivity index (χ4v) is 2.94. The van der Waals surface area contributed by atoms with Crippen molar-refractivity contribution in [2.24, 2.45) is 0 Å². The highest BCUT2D eigenvalue weighted by Crippen LogP contribution is 2.20. The van der Waals surface area contributed by atoms with Gasteiger partial charge in [0.15, 0.2) is 0 Å². The number of ether oxygens (including phenoxy) is 2. The molecule has 0 radical (unpaired) electrons. The summed E-state index contributed by atoms with van der Waals surface area (Å²) in [6.07, 6.45) is 2.10. The Morgan fingerprint density at radius 2 is 1.63 bits per heavy atom. The Bertz CT molecular complexity index is 573. The number of hydrogen-bond donors (Lipinski definition) is 0. The standard InChI is InChI=1S/C21H34N2O4/c1-5-22(6-2)15-10-11-16-23(17-14-20(24)27-7-3)21(25)18-12-8-9-13-19(18)26-4/h8-9,12-13H,5-7,10-11,14-17H2,1-4H3. The quantitative estimate of drug-likeness (QED) is 0.390. The number of hydrogen-bond acceptors (Lipinski definition) is 5. The van der Waals surface area contributed by atoms with Gasteiger partial charge in [0.2, 0.25) is 0 Å². The van der Waals surface area contributed by atoms with Crippen molar-refractivity contribution in [3.63, 3.8) is 0 Å². The molecule has 0 bridgehead atoms. The molecule has 0 fully saturated rings. The summed E-state index contributed by atoms with van der Waals surface area (Å²) in [4.78, 5) is 28.9. The second-order valence-electron chi connectivity index (χ2n) is 6.28. The molecule has 1 aromatic rings. The van der Waals surface area contributed by atoms with Crippen LogP contribution in [0.5, 0.6) is 5.75 Å². The molecule has 0 heterocycles. The molecule has 0 saturated carbocycles. The van der Waals surface area contributed by atoms with Gasteiger partial charge in [-0.1, -0.05) is 26.0 Å². The average molecular weight is 379 g/mol. The van der Waals surface area contributed by atoms with Crippen LogP contribution in [0.15, 0.2) is 24.3 Å². The monoisotopic (exact) mass is 378 g/mol. The van der Waals surface area contributed by atoms with Gasteiger partial charge in [0.25, 0.3) is 5.91 Å². The predicted octanol–water partition coefficient (Wildman–Crippen LogP) is 3.21. The third kappa shape index (κ3) is 7.99. The van der Waals surface area contributed by atoms with Crippen molar-refractivity contribution in [1.82, 2.24) is 9.80 Å². The summed E-state index contributed by atoms with van der Waals surface area (Å²) >= 11 is 0. The molecule has 0 aliphatic heterocycles. The van der Waals surface area contributed by atoms with E-state index < -0.39 is 0 Å². The minimum atomic E-state index is -0.279. The molecule has 0 aliphatic rings. The molecule has 0 N–H and O–H groups in total. The third-order valence-electron chi connectivity index (χ3n) is 4.56. The van der Waals surface area contributed by atoms with Gasteiger partial charge in [0.1, 0.15) is 5.75 Å². The molecular weight excluding hydrogens is 344 g/mol. The summed E-state index contributed by atoms with van der Waals surface area (Å²) < 4.78 is 10.3. The number of amides is 1. The predicted molar refractivity (Wildman–Crippen MR) is 107 cm³/mol. The van der Waals surface area contributed by atoms with Gasteiger partial charge in [0.05, 0.1) is 25.7 Å². The largest absolute Gasteiger partial charge is 0.496 e. The van der Waals surface area contributed by atoms with Gasteiger partial charge < -0.3 is 19.3 Å². The van der Waals surface area contributed by atoms with Gasteiger partial charge in [-0.15, -0.1) is 0 Å². The molecule has 6 nitrogen and oxygen atoms in total. The number of nitrogens with zero attached hydrogens (tertiary/aromatic N) is 2. The highest BCUT2D eigenvalue weighted by Gasteiger charge is 2.20. The van der Waals surface area contributed by atoms with E-state index in [-0.39, 0.29) is 18.3 Å². The smallest absolute Gasteiger partial charge is 0.307 e. The summed E-state index contributed by atoms with van der Waals surface area (Å²) in [7, 11) is 1.55. The minimum absolute atomic E-state index is 0.111. The maximum absolute atomic E-state index is 13.0. The number of methoxy groups -OCH3 is 1. The lowest BCUT2D eigenvalue weighted by Crippen LogP contribution is -2.35. The Kier molecular flexibility index (Phi) is 11.2. The molecule has 27 heavy (non-hydrogen) atoms. The summed E-state index contributed by atoms with van der Waals surface area (Å²) in [5.41, 5.74) is 0.521. The minimum Gasteiger partial charge on any atom is -0.496 e. The van der Waals surface area contributed by atoms with Crippen molar-refractivity contribution in [3.8, 4) is 5.75 Å². The van der Waals surface area contributed by atoms with E-state index in [0.29, 0.717) is 31.0 Å². The van der Waals surface area contributed by atoms with Crippen LogP contribution in [0.1, 0.15) is 50.4 Å². The summed E-state index contributed by atoms with van der Waals surface area (Å²) in [5.74, 6) is 0.157. The Labute approximate surface area is 163 Å². The zero-order valence-electron chi connectivity index (χ0n) is 17.2. The number of carbonyl (C=O) groups excluding carboxylic acids is 2. The highest BCUT2D eigenvalue weighted by molar-refractivity contribution is 5.97. The summed E-state index contributed by atoms with van der Waals surface area (Å²) in [6, 6.07) is 7.19. The van der Waals surface area contributed by atoms with E-state index in [1.807, 2.05) is 12.1 Å². The van der Waals surface area contributed by atoms with Crippen molar-refractivity contribution in [3.05, 3.63) is 29.8 Å². The number of unbranched alkanes of at least 4 members (excludes halogenated alkanes) is 1. The lowest BCUT2D eigenvalue weighted by atomic mass is 10.1. The molecule has 0 aliphatic carbocycles. The first kappa shape index (κ1) is 23.0. The van der Waals surface area contributed by atoms with Crippen LogP contribution in [-0.2, 0) is 9.53 Å². The molecule has 152 valence electrons. The van der Waals surface area contributed by atoms with E-state index in [1.54, 1.807) is 31.1 Å². The maximum Gasteiger partial charge on any atom is 0.307 e. The molecule has 6 heteroatoms. The second-order valence-corrected chi connectivity index (χ2v) is 6.28. The topological polar surface area (TPSA) is 59.1 Å². The average Bonchev–Trinajstić information content (AvgIpc) is 2.70. The number of carbonyl (C=O) groups is 2. The first-order valence-electron chi connectivity index (χ1n) is 9.87. The van der Waals surface area contributed by atoms with Crippen LogP contribution >= 0.6 is 0 Å². The lowest BCUT2D eigenvalue weighted by molar-refractivity contribution is -0.143. The van der Waals surface area contributed by atoms with Crippen LogP contribution < -0.4 is 4.74 Å². The highest BCUT2D eigenvalue weighted by atomic mass is 16.5. The van der Waals surface area contributed by atoms with Crippen molar-refractivity contribution in [1.29, 1.82) is 0 Å². The van der Waals surface area contributed by atoms with Gasteiger partial charge in [-0.3, -0.25) is 9.59 Å². The number of para-hydroxylation sites is 1. The molecule has 0 spiro atoms. The summed E-state index contributed by atoms with van der Waals surface area (Å²) in [5, 5.41) is 0. The lowest BCUT2D eigenvalue weighted by Gasteiger charge is -2.24. The maximum atomic E-state index is 13.0. The van der Waals surface area contributed by atoms with Crippen molar-refractivity contribution < 1.29 is 19.1 Å². The van der Waals surface area contributed by atoms with E-state index in [0.717, 1.165) is 32.5 Å². The van der Waals surface area contributed by atoms with Gasteiger partial charge in [-0.25, -0.2) is 0 Å². The first-order valence-corrected chi connectivity index (χ1v) is 9.87. The molecule has 0 unspecified atom stereocenters. The Balaban J connectivity index is 2.74. The van der Waals surface area contributed by atoms with E-state index in [9.17, 15) is 9.59 Å². The number of benzene rings is 1. The van der Waals surface area contributed by atoms with Crippen LogP contribution in [0.2, 0.25) is 0 Å². The van der Waals surface area contributed by atoms with E-state index in [2.05, 4.69) is 18.7 Å². The summed E-state index contributed by atoms with van der Waals surface area (Å²) in [6.45, 7) is 10.5. The van der Waals surface area contributed by atoms with Gasteiger partial charge in [-0.05, 0) is 51.5 Å². The van der Waals surface area contributed by atoms with E-state index in [1.165, 1.54) is 0 Å². The van der Waals surface area contributed by atoms with Crippen molar-refractivity contribution in [2.75, 3.05) is 46.4 Å².